The van der Waals surface area contributed by atoms with Gasteiger partial charge in [-0.25, -0.2) is 0 Å². The van der Waals surface area contributed by atoms with E-state index in [9.17, 15) is 9.59 Å². The van der Waals surface area contributed by atoms with E-state index in [-0.39, 0.29) is 11.7 Å². The predicted molar refractivity (Wildman–Crippen MR) is 125 cm³/mol. The second-order valence-electron chi connectivity index (χ2n) is 6.05. The van der Waals surface area contributed by atoms with Crippen LogP contribution in [0.4, 0.5) is 0 Å². The molecule has 0 bridgehead atoms. The lowest BCUT2D eigenvalue weighted by molar-refractivity contribution is 0.0950. The normalized spacial score (nSPS) is 10.5. The molecule has 0 aromatic heterocycles. The molecule has 2 rings (SSSR count). The number of ether oxygens (including phenoxy) is 2. The van der Waals surface area contributed by atoms with Crippen molar-refractivity contribution in [1.29, 1.82) is 0 Å². The molecule has 0 aliphatic heterocycles. The number of benzene rings is 2. The van der Waals surface area contributed by atoms with Gasteiger partial charge in [0.05, 0.1) is 19.8 Å². The van der Waals surface area contributed by atoms with Crippen molar-refractivity contribution in [2.45, 2.75) is 22.6 Å². The number of methoxy groups -OCH3 is 2. The van der Waals surface area contributed by atoms with Gasteiger partial charge < -0.3 is 14.8 Å². The Balaban J connectivity index is 2.27. The first-order valence-corrected chi connectivity index (χ1v) is 12.4. The summed E-state index contributed by atoms with van der Waals surface area (Å²) in [5, 5.41) is 2.77. The third-order valence-corrected chi connectivity index (χ3v) is 7.00. The number of halogens is 2. The monoisotopic (exact) mass is 487 g/mol. The number of rotatable bonds is 12. The van der Waals surface area contributed by atoms with E-state index in [2.05, 4.69) is 5.32 Å². The van der Waals surface area contributed by atoms with Gasteiger partial charge in [-0.05, 0) is 42.8 Å². The molecule has 0 spiro atoms. The minimum atomic E-state index is -0.231. The molecule has 0 saturated carbocycles. The van der Waals surface area contributed by atoms with Crippen LogP contribution in [-0.2, 0) is 0 Å². The molecule has 9 heteroatoms. The predicted octanol–water partition coefficient (Wildman–Crippen LogP) is 5.67. The van der Waals surface area contributed by atoms with Crippen LogP contribution >= 0.6 is 44.8 Å². The Morgan fingerprint density at radius 1 is 0.900 bits per heavy atom. The van der Waals surface area contributed by atoms with Crippen molar-refractivity contribution >= 4 is 56.5 Å². The lowest BCUT2D eigenvalue weighted by Gasteiger charge is -2.13. The quantitative estimate of drug-likeness (QED) is 0.236. The highest BCUT2D eigenvalue weighted by Gasteiger charge is 2.17. The lowest BCUT2D eigenvalue weighted by atomic mass is 10.1. The maximum atomic E-state index is 12.7. The smallest absolute Gasteiger partial charge is 0.252 e. The summed E-state index contributed by atoms with van der Waals surface area (Å²) in [6.07, 6.45) is 0.974. The van der Waals surface area contributed by atoms with Gasteiger partial charge in [-0.15, -0.1) is 23.2 Å². The van der Waals surface area contributed by atoms with E-state index >= 15 is 0 Å². The fourth-order valence-corrected chi connectivity index (χ4v) is 5.09. The summed E-state index contributed by atoms with van der Waals surface area (Å²) in [4.78, 5) is 26.7. The van der Waals surface area contributed by atoms with E-state index in [4.69, 9.17) is 32.7 Å². The van der Waals surface area contributed by atoms with E-state index in [1.54, 1.807) is 32.4 Å². The van der Waals surface area contributed by atoms with E-state index in [1.165, 1.54) is 21.6 Å². The van der Waals surface area contributed by atoms with Crippen molar-refractivity contribution < 1.29 is 19.1 Å². The largest absolute Gasteiger partial charge is 0.497 e. The minimum absolute atomic E-state index is 0.00691. The zero-order chi connectivity index (χ0) is 21.9. The van der Waals surface area contributed by atoms with Gasteiger partial charge in [-0.2, -0.15) is 0 Å². The molecule has 1 amide bonds. The van der Waals surface area contributed by atoms with Crippen LogP contribution in [0.1, 0.15) is 33.6 Å². The Labute approximate surface area is 194 Å². The van der Waals surface area contributed by atoms with Crippen molar-refractivity contribution in [3.63, 3.8) is 0 Å². The molecular formula is C21H23Cl2NO4S2. The summed E-state index contributed by atoms with van der Waals surface area (Å²) in [6.45, 7) is 0.368. The second-order valence-corrected chi connectivity index (χ2v) is 9.02. The van der Waals surface area contributed by atoms with Crippen molar-refractivity contribution in [2.75, 3.05) is 32.5 Å². The van der Waals surface area contributed by atoms with E-state index in [0.29, 0.717) is 53.8 Å². The van der Waals surface area contributed by atoms with Crippen molar-refractivity contribution in [2.24, 2.45) is 0 Å². The zero-order valence-corrected chi connectivity index (χ0v) is 19.8. The van der Waals surface area contributed by atoms with Crippen molar-refractivity contribution in [1.82, 2.24) is 5.32 Å². The van der Waals surface area contributed by atoms with Crippen molar-refractivity contribution in [3.05, 3.63) is 47.5 Å². The fraction of sp³-hybridized carbons (Fsp3) is 0.333. The first kappa shape index (κ1) is 24.7. The molecular weight excluding hydrogens is 465 g/mol. The lowest BCUT2D eigenvalue weighted by Crippen LogP contribution is -2.25. The Morgan fingerprint density at radius 3 is 2.00 bits per heavy atom. The Morgan fingerprint density at radius 2 is 1.47 bits per heavy atom. The third kappa shape index (κ3) is 7.01. The number of hydrogen-bond acceptors (Lipinski definition) is 6. The Bertz CT molecular complexity index is 809. The van der Waals surface area contributed by atoms with E-state index in [1.807, 2.05) is 18.2 Å². The van der Waals surface area contributed by atoms with Gasteiger partial charge in [0, 0.05) is 40.1 Å². The molecule has 0 unspecified atom stereocenters. The zero-order valence-electron chi connectivity index (χ0n) is 16.7. The van der Waals surface area contributed by atoms with Crippen LogP contribution in [0.15, 0.2) is 46.2 Å². The molecule has 0 atom stereocenters. The van der Waals surface area contributed by atoms with Gasteiger partial charge in [0.25, 0.3) is 5.91 Å². The maximum absolute atomic E-state index is 12.7. The van der Waals surface area contributed by atoms with Crippen LogP contribution in [0.2, 0.25) is 0 Å². The molecule has 2 aromatic rings. The number of nitrogens with one attached hydrogen (secondary N) is 1. The van der Waals surface area contributed by atoms with Crippen LogP contribution < -0.4 is 14.8 Å². The van der Waals surface area contributed by atoms with E-state index < -0.39 is 0 Å². The molecule has 2 aromatic carbocycles. The molecule has 1 N–H and O–H groups in total. The number of alkyl halides is 2. The average molecular weight is 488 g/mol. The first-order valence-electron chi connectivity index (χ1n) is 9.18. The number of amides is 1. The molecule has 0 aliphatic rings. The van der Waals surface area contributed by atoms with Gasteiger partial charge in [-0.1, -0.05) is 21.6 Å². The molecule has 5 nitrogen and oxygen atoms in total. The summed E-state index contributed by atoms with van der Waals surface area (Å²) in [6, 6.07) is 10.7. The van der Waals surface area contributed by atoms with E-state index in [0.717, 1.165) is 9.79 Å². The van der Waals surface area contributed by atoms with Gasteiger partial charge in [0.1, 0.15) is 11.5 Å². The van der Waals surface area contributed by atoms with Crippen molar-refractivity contribution in [3.8, 4) is 11.5 Å². The van der Waals surface area contributed by atoms with Gasteiger partial charge in [-0.3, -0.25) is 9.59 Å². The Kier molecular flexibility index (Phi) is 10.7. The number of carbonyl (C=O) groups is 2. The molecule has 30 heavy (non-hydrogen) atoms. The fourth-order valence-electron chi connectivity index (χ4n) is 2.52. The highest BCUT2D eigenvalue weighted by atomic mass is 35.5. The number of Topliss-reactive ketones (excluding diaryl/α,β-unsaturated/α-hetero) is 1. The van der Waals surface area contributed by atoms with Crippen LogP contribution in [0, 0.1) is 0 Å². The summed E-state index contributed by atoms with van der Waals surface area (Å²) < 4.78 is 10.5. The third-order valence-electron chi connectivity index (χ3n) is 4.06. The summed E-state index contributed by atoms with van der Waals surface area (Å²) >= 11 is 11.4. The summed E-state index contributed by atoms with van der Waals surface area (Å²) in [5.74, 6) is 1.73. The maximum Gasteiger partial charge on any atom is 0.252 e. The highest BCUT2D eigenvalue weighted by molar-refractivity contribution is 8.76. The second kappa shape index (κ2) is 13.0. The van der Waals surface area contributed by atoms with Crippen LogP contribution in [-0.4, -0.2) is 44.2 Å². The minimum Gasteiger partial charge on any atom is -0.497 e. The van der Waals surface area contributed by atoms with Crippen LogP contribution in [0.3, 0.4) is 0 Å². The standard InChI is InChI=1S/C21H23Cl2NO4S2/c1-27-14-5-7-19(16(12-14)18(25)4-3-9-22)29-30-20-8-6-15(28-2)13-17(20)21(26)24-11-10-23/h5-8,12-13H,3-4,9-11H2,1-2H3,(H,24,26). The van der Waals surface area contributed by atoms with Crippen LogP contribution in [0.5, 0.6) is 11.5 Å². The summed E-state index contributed by atoms with van der Waals surface area (Å²) in [5.41, 5.74) is 1.07. The van der Waals surface area contributed by atoms with Gasteiger partial charge in [0.15, 0.2) is 5.78 Å². The number of carbonyl (C=O) groups excluding carboxylic acids is 2. The number of ketones is 1. The van der Waals surface area contributed by atoms with Gasteiger partial charge >= 0.3 is 0 Å². The van der Waals surface area contributed by atoms with Crippen LogP contribution in [0.25, 0.3) is 0 Å². The molecule has 0 saturated heterocycles. The molecule has 0 heterocycles. The molecule has 162 valence electrons. The topological polar surface area (TPSA) is 64.6 Å². The Hall–Kier alpha value is -1.54. The highest BCUT2D eigenvalue weighted by Crippen LogP contribution is 2.42. The first-order chi connectivity index (χ1) is 14.5. The number of hydrogen-bond donors (Lipinski definition) is 1. The average Bonchev–Trinajstić information content (AvgIpc) is 2.79. The molecule has 0 aliphatic carbocycles. The summed E-state index contributed by atoms with van der Waals surface area (Å²) in [7, 11) is 5.92. The SMILES string of the molecule is COc1ccc(SSc2ccc(OC)cc2C(=O)NCCCl)c(C(=O)CCCCl)c1. The molecule has 0 radical (unpaired) electrons. The molecule has 0 fully saturated rings. The van der Waals surface area contributed by atoms with Gasteiger partial charge in [0.2, 0.25) is 0 Å².